The molecule has 0 bridgehead atoms. The van der Waals surface area contributed by atoms with Gasteiger partial charge in [-0.15, -0.1) is 0 Å². The summed E-state index contributed by atoms with van der Waals surface area (Å²) in [4.78, 5) is 29.7. The molecule has 9 heteroatoms. The number of carbonyl (C=O) groups is 1. The van der Waals surface area contributed by atoms with Crippen molar-refractivity contribution in [3.05, 3.63) is 106 Å². The molecule has 4 N–H and O–H groups in total. The quantitative estimate of drug-likeness (QED) is 0.148. The van der Waals surface area contributed by atoms with E-state index in [1.807, 2.05) is 54.6 Å². The van der Waals surface area contributed by atoms with Crippen LogP contribution in [0, 0.1) is 5.82 Å². The number of fused-ring (bicyclic) bond motifs is 4. The Morgan fingerprint density at radius 1 is 0.705 bits per heavy atom. The summed E-state index contributed by atoms with van der Waals surface area (Å²) in [5, 5.41) is 4.41. The minimum absolute atomic E-state index is 0.134. The van der Waals surface area contributed by atoms with E-state index in [1.54, 1.807) is 25.1 Å². The Bertz CT molecular complexity index is 2410. The number of para-hydroxylation sites is 1. The Hall–Kier alpha value is -4.79. The zero-order valence-corrected chi connectivity index (χ0v) is 25.9. The highest BCUT2D eigenvalue weighted by Gasteiger charge is 2.28. The largest absolute Gasteiger partial charge is 0.354 e. The lowest BCUT2D eigenvalue weighted by Crippen LogP contribution is -2.23. The Morgan fingerprint density at radius 2 is 1.34 bits per heavy atom. The highest BCUT2D eigenvalue weighted by Crippen LogP contribution is 2.47. The molecule has 0 atom stereocenters. The topological polar surface area (TPSA) is 83.5 Å². The van der Waals surface area contributed by atoms with Crippen LogP contribution in [0.15, 0.2) is 89.4 Å². The molecule has 0 saturated heterocycles. The lowest BCUT2D eigenvalue weighted by atomic mass is 9.94. The predicted octanol–water partition coefficient (Wildman–Crippen LogP) is 9.87. The Morgan fingerprint density at radius 3 is 2.11 bits per heavy atom. The van der Waals surface area contributed by atoms with Crippen molar-refractivity contribution in [2.45, 2.75) is 0 Å². The van der Waals surface area contributed by atoms with Crippen LogP contribution >= 0.6 is 27.5 Å². The zero-order chi connectivity index (χ0) is 30.3. The van der Waals surface area contributed by atoms with Gasteiger partial charge in [0.15, 0.2) is 0 Å². The fourth-order valence-corrected chi connectivity index (χ4v) is 6.95. The molecule has 0 radical (unpaired) electrons. The van der Waals surface area contributed by atoms with Gasteiger partial charge in [-0.05, 0) is 76.6 Å². The maximum absolute atomic E-state index is 14.2. The number of H-pyrrole nitrogens is 4. The first kappa shape index (κ1) is 26.8. The predicted molar refractivity (Wildman–Crippen MR) is 181 cm³/mol. The van der Waals surface area contributed by atoms with Crippen LogP contribution in [0.25, 0.3) is 77.5 Å². The molecule has 1 amide bonds. The summed E-state index contributed by atoms with van der Waals surface area (Å²) in [6.07, 6.45) is 0. The third-order valence-electron chi connectivity index (χ3n) is 8.17. The van der Waals surface area contributed by atoms with E-state index in [9.17, 15) is 9.18 Å². The number of carbonyl (C=O) groups excluding carboxylic acids is 1. The lowest BCUT2D eigenvalue weighted by molar-refractivity contribution is 0.0827. The van der Waals surface area contributed by atoms with E-state index < -0.39 is 0 Å². The van der Waals surface area contributed by atoms with Crippen LogP contribution in [-0.4, -0.2) is 44.8 Å². The number of nitrogens with zero attached hydrogens (tertiary/aromatic N) is 1. The van der Waals surface area contributed by atoms with E-state index in [1.165, 1.54) is 12.1 Å². The molecular weight excluding hydrogens is 641 g/mol. The molecule has 0 fully saturated rings. The first-order valence-corrected chi connectivity index (χ1v) is 15.2. The van der Waals surface area contributed by atoms with Gasteiger partial charge in [0.25, 0.3) is 5.91 Å². The van der Waals surface area contributed by atoms with Crippen molar-refractivity contribution in [1.82, 2.24) is 24.8 Å². The maximum atomic E-state index is 14.2. The number of benzene rings is 4. The SMILES string of the molecule is CN(C)C(=O)c1c(Br)cc2[nH]c(-c3cc4ccc(F)cc4[nH]3)c(-c3cc4ccc(Cl)cc4[nH]3)c2c1-c1cc2ccccc2[nH]1. The minimum atomic E-state index is -0.313. The van der Waals surface area contributed by atoms with Gasteiger partial charge in [0.05, 0.1) is 17.0 Å². The van der Waals surface area contributed by atoms with Gasteiger partial charge in [-0.3, -0.25) is 4.79 Å². The molecular formula is C35H24BrClFN5O. The summed E-state index contributed by atoms with van der Waals surface area (Å²) in [5.74, 6) is -0.446. The van der Waals surface area contributed by atoms with E-state index in [-0.39, 0.29) is 11.7 Å². The van der Waals surface area contributed by atoms with Crippen molar-refractivity contribution in [1.29, 1.82) is 0 Å². The maximum Gasteiger partial charge on any atom is 0.255 e. The van der Waals surface area contributed by atoms with Crippen LogP contribution in [0.2, 0.25) is 5.02 Å². The van der Waals surface area contributed by atoms with Crippen molar-refractivity contribution in [2.75, 3.05) is 14.1 Å². The van der Waals surface area contributed by atoms with Crippen LogP contribution in [0.5, 0.6) is 0 Å². The van der Waals surface area contributed by atoms with Gasteiger partial charge in [-0.25, -0.2) is 4.39 Å². The molecule has 8 rings (SSSR count). The van der Waals surface area contributed by atoms with E-state index >= 15 is 0 Å². The van der Waals surface area contributed by atoms with Crippen molar-refractivity contribution in [2.24, 2.45) is 0 Å². The average Bonchev–Trinajstić information content (AvgIpc) is 3.77. The van der Waals surface area contributed by atoms with E-state index in [4.69, 9.17) is 11.6 Å². The molecule has 0 spiro atoms. The average molecular weight is 665 g/mol. The summed E-state index contributed by atoms with van der Waals surface area (Å²) in [6.45, 7) is 0. The van der Waals surface area contributed by atoms with Crippen molar-refractivity contribution in [3.63, 3.8) is 0 Å². The van der Waals surface area contributed by atoms with Crippen molar-refractivity contribution < 1.29 is 9.18 Å². The monoisotopic (exact) mass is 663 g/mol. The van der Waals surface area contributed by atoms with Crippen molar-refractivity contribution in [3.8, 4) is 33.9 Å². The van der Waals surface area contributed by atoms with Crippen molar-refractivity contribution >= 4 is 77.0 Å². The molecule has 0 aliphatic carbocycles. The molecule has 4 heterocycles. The second-order valence-corrected chi connectivity index (χ2v) is 12.5. The molecule has 44 heavy (non-hydrogen) atoms. The molecule has 8 aromatic rings. The molecule has 0 saturated carbocycles. The van der Waals surface area contributed by atoms with Gasteiger partial charge < -0.3 is 24.8 Å². The van der Waals surface area contributed by atoms with Gasteiger partial charge in [-0.1, -0.05) is 35.9 Å². The van der Waals surface area contributed by atoms with Crippen LogP contribution in [0.1, 0.15) is 10.4 Å². The number of amides is 1. The van der Waals surface area contributed by atoms with Gasteiger partial charge in [0.1, 0.15) is 5.82 Å². The lowest BCUT2D eigenvalue weighted by Gasteiger charge is -2.17. The normalized spacial score (nSPS) is 11.8. The molecule has 4 aromatic heterocycles. The fourth-order valence-electron chi connectivity index (χ4n) is 6.18. The Kier molecular flexibility index (Phi) is 6.01. The third-order valence-corrected chi connectivity index (χ3v) is 9.03. The molecule has 216 valence electrons. The van der Waals surface area contributed by atoms with Crippen LogP contribution < -0.4 is 0 Å². The first-order chi connectivity index (χ1) is 21.2. The third kappa shape index (κ3) is 4.17. The van der Waals surface area contributed by atoms with Gasteiger partial charge >= 0.3 is 0 Å². The van der Waals surface area contributed by atoms with Crippen LogP contribution in [-0.2, 0) is 0 Å². The Labute approximate surface area is 264 Å². The van der Waals surface area contributed by atoms with E-state index in [0.717, 1.165) is 72.0 Å². The zero-order valence-electron chi connectivity index (χ0n) is 23.6. The Balaban J connectivity index is 1.54. The van der Waals surface area contributed by atoms with Crippen LogP contribution in [0.3, 0.4) is 0 Å². The summed E-state index contributed by atoms with van der Waals surface area (Å²) >= 11 is 10.1. The number of hydrogen-bond acceptors (Lipinski definition) is 1. The van der Waals surface area contributed by atoms with Crippen LogP contribution in [0.4, 0.5) is 4.39 Å². The number of aromatic nitrogens is 4. The van der Waals surface area contributed by atoms with Gasteiger partial charge in [0, 0.05) is 89.7 Å². The molecule has 0 aliphatic rings. The summed E-state index contributed by atoms with van der Waals surface area (Å²) in [7, 11) is 3.50. The number of hydrogen-bond donors (Lipinski definition) is 4. The second kappa shape index (κ2) is 9.87. The first-order valence-electron chi connectivity index (χ1n) is 14.0. The second-order valence-electron chi connectivity index (χ2n) is 11.2. The highest BCUT2D eigenvalue weighted by atomic mass is 79.9. The molecule has 0 unspecified atom stereocenters. The number of rotatable bonds is 4. The van der Waals surface area contributed by atoms with Gasteiger partial charge in [0.2, 0.25) is 0 Å². The molecule has 4 aromatic carbocycles. The highest BCUT2D eigenvalue weighted by molar-refractivity contribution is 9.10. The van der Waals surface area contributed by atoms with E-state index in [0.29, 0.717) is 20.6 Å². The summed E-state index contributed by atoms with van der Waals surface area (Å²) < 4.78 is 14.8. The number of halogens is 3. The van der Waals surface area contributed by atoms with Gasteiger partial charge in [-0.2, -0.15) is 0 Å². The number of aromatic amines is 4. The smallest absolute Gasteiger partial charge is 0.255 e. The summed E-state index contributed by atoms with van der Waals surface area (Å²) in [5.41, 5.74) is 8.78. The molecule has 6 nitrogen and oxygen atoms in total. The summed E-state index contributed by atoms with van der Waals surface area (Å²) in [6, 6.07) is 26.6. The van der Waals surface area contributed by atoms with E-state index in [2.05, 4.69) is 48.0 Å². The standard InChI is InChI=1S/C35H24BrClFN5O/c1-43(2)35(44)30-22(36)16-28-32(31(30)26-11-17-5-3-4-6-23(17)39-26)33(27-12-18-7-9-20(37)14-24(18)40-27)34(42-28)29-13-19-8-10-21(38)15-25(19)41-29/h3-16,39-42H,1-2H3. The number of nitrogens with one attached hydrogen (secondary N) is 4. The molecule has 0 aliphatic heterocycles. The fraction of sp³-hybridized carbons (Fsp3) is 0.0571. The minimum Gasteiger partial charge on any atom is -0.354 e.